The molecule has 120 valence electrons. The van der Waals surface area contributed by atoms with Crippen molar-refractivity contribution < 1.29 is 9.59 Å². The van der Waals surface area contributed by atoms with Crippen LogP contribution < -0.4 is 5.32 Å². The molecule has 3 aromatic rings. The van der Waals surface area contributed by atoms with Crippen molar-refractivity contribution in [3.8, 4) is 0 Å². The number of nitrogens with one attached hydrogen (secondary N) is 1. The first-order valence-corrected chi connectivity index (χ1v) is 8.00. The summed E-state index contributed by atoms with van der Waals surface area (Å²) in [7, 11) is 0. The van der Waals surface area contributed by atoms with Crippen molar-refractivity contribution in [3.63, 3.8) is 0 Å². The molecular formula is C21H19NO2. The number of hydrogen-bond donors (Lipinski definition) is 1. The van der Waals surface area contributed by atoms with Crippen LogP contribution >= 0.6 is 0 Å². The molecule has 0 saturated carbocycles. The molecule has 0 aliphatic carbocycles. The Labute approximate surface area is 141 Å². The van der Waals surface area contributed by atoms with E-state index in [9.17, 15) is 9.59 Å². The van der Waals surface area contributed by atoms with Crippen LogP contribution in [-0.2, 0) is 4.79 Å². The molecule has 3 heteroatoms. The number of aryl methyl sites for hydroxylation is 1. The van der Waals surface area contributed by atoms with Crippen molar-refractivity contribution in [3.05, 3.63) is 77.9 Å². The van der Waals surface area contributed by atoms with Crippen LogP contribution in [0.2, 0.25) is 0 Å². The van der Waals surface area contributed by atoms with Crippen LogP contribution in [-0.4, -0.2) is 11.7 Å². The average Bonchev–Trinajstić information content (AvgIpc) is 2.60. The third-order valence-corrected chi connectivity index (χ3v) is 3.99. The minimum atomic E-state index is -0.147. The SMILES string of the molecule is Cc1ccc(C(=O)CCC(=O)Nc2ccc3ccccc3c2)cc1. The number of ketones is 1. The number of carbonyl (C=O) groups excluding carboxylic acids is 2. The molecule has 0 aromatic heterocycles. The second-order valence-electron chi connectivity index (χ2n) is 5.90. The Morgan fingerprint density at radius 1 is 0.833 bits per heavy atom. The largest absolute Gasteiger partial charge is 0.326 e. The minimum absolute atomic E-state index is 0.0105. The molecule has 3 nitrogen and oxygen atoms in total. The van der Waals surface area contributed by atoms with E-state index in [1.165, 1.54) is 0 Å². The van der Waals surface area contributed by atoms with E-state index in [-0.39, 0.29) is 24.5 Å². The summed E-state index contributed by atoms with van der Waals surface area (Å²) >= 11 is 0. The maximum absolute atomic E-state index is 12.1. The highest BCUT2D eigenvalue weighted by Gasteiger charge is 2.09. The van der Waals surface area contributed by atoms with Crippen molar-refractivity contribution >= 4 is 28.2 Å². The third-order valence-electron chi connectivity index (χ3n) is 3.99. The Kier molecular flexibility index (Phi) is 4.71. The van der Waals surface area contributed by atoms with Crippen molar-refractivity contribution in [1.29, 1.82) is 0 Å². The minimum Gasteiger partial charge on any atom is -0.326 e. The molecule has 0 radical (unpaired) electrons. The van der Waals surface area contributed by atoms with Crippen LogP contribution in [0.5, 0.6) is 0 Å². The Balaban J connectivity index is 1.58. The zero-order valence-electron chi connectivity index (χ0n) is 13.6. The van der Waals surface area contributed by atoms with E-state index in [4.69, 9.17) is 0 Å². The molecule has 1 amide bonds. The number of rotatable bonds is 5. The summed E-state index contributed by atoms with van der Waals surface area (Å²) < 4.78 is 0. The normalized spacial score (nSPS) is 10.5. The van der Waals surface area contributed by atoms with Gasteiger partial charge in [-0.2, -0.15) is 0 Å². The van der Waals surface area contributed by atoms with Gasteiger partial charge in [0.1, 0.15) is 0 Å². The van der Waals surface area contributed by atoms with Crippen LogP contribution in [0.4, 0.5) is 5.69 Å². The number of benzene rings is 3. The van der Waals surface area contributed by atoms with Gasteiger partial charge in [0.15, 0.2) is 5.78 Å². The van der Waals surface area contributed by atoms with Crippen LogP contribution in [0.3, 0.4) is 0 Å². The second kappa shape index (κ2) is 7.09. The maximum atomic E-state index is 12.1. The van der Waals surface area contributed by atoms with Crippen molar-refractivity contribution in [1.82, 2.24) is 0 Å². The van der Waals surface area contributed by atoms with Crippen molar-refractivity contribution in [2.45, 2.75) is 19.8 Å². The highest BCUT2D eigenvalue weighted by molar-refractivity contribution is 6.00. The Hall–Kier alpha value is -2.94. The van der Waals surface area contributed by atoms with Gasteiger partial charge in [-0.25, -0.2) is 0 Å². The number of anilines is 1. The van der Waals surface area contributed by atoms with Gasteiger partial charge in [-0.3, -0.25) is 9.59 Å². The van der Waals surface area contributed by atoms with E-state index < -0.39 is 0 Å². The van der Waals surface area contributed by atoms with Crippen LogP contribution in [0, 0.1) is 6.92 Å². The first-order chi connectivity index (χ1) is 11.6. The Morgan fingerprint density at radius 2 is 1.54 bits per heavy atom. The van der Waals surface area contributed by atoms with Gasteiger partial charge >= 0.3 is 0 Å². The van der Waals surface area contributed by atoms with Gasteiger partial charge in [-0.05, 0) is 29.8 Å². The van der Waals surface area contributed by atoms with Crippen molar-refractivity contribution in [2.24, 2.45) is 0 Å². The Morgan fingerprint density at radius 3 is 2.29 bits per heavy atom. The molecule has 0 aliphatic rings. The average molecular weight is 317 g/mol. The molecule has 3 rings (SSSR count). The van der Waals surface area contributed by atoms with Crippen LogP contribution in [0.15, 0.2) is 66.7 Å². The third kappa shape index (κ3) is 3.87. The maximum Gasteiger partial charge on any atom is 0.224 e. The number of amides is 1. The zero-order chi connectivity index (χ0) is 16.9. The highest BCUT2D eigenvalue weighted by Crippen LogP contribution is 2.19. The fraction of sp³-hybridized carbons (Fsp3) is 0.143. The number of Topliss-reactive ketones (excluding diaryl/α,β-unsaturated/α-hetero) is 1. The monoisotopic (exact) mass is 317 g/mol. The summed E-state index contributed by atoms with van der Waals surface area (Å²) in [6, 6.07) is 21.2. The van der Waals surface area contributed by atoms with Gasteiger partial charge in [0, 0.05) is 24.1 Å². The molecule has 3 aromatic carbocycles. The predicted octanol–water partition coefficient (Wildman–Crippen LogP) is 4.75. The predicted molar refractivity (Wildman–Crippen MR) is 97.3 cm³/mol. The smallest absolute Gasteiger partial charge is 0.224 e. The molecule has 1 N–H and O–H groups in total. The molecule has 0 spiro atoms. The van der Waals surface area contributed by atoms with E-state index in [0.29, 0.717) is 5.56 Å². The molecule has 0 unspecified atom stereocenters. The van der Waals surface area contributed by atoms with E-state index >= 15 is 0 Å². The van der Waals surface area contributed by atoms with Crippen LogP contribution in [0.1, 0.15) is 28.8 Å². The quantitative estimate of drug-likeness (QED) is 0.690. The first kappa shape index (κ1) is 15.9. The van der Waals surface area contributed by atoms with E-state index in [1.807, 2.05) is 61.5 Å². The first-order valence-electron chi connectivity index (χ1n) is 8.00. The standard InChI is InChI=1S/C21H19NO2/c1-15-6-8-17(9-7-15)20(23)12-13-21(24)22-19-11-10-16-4-2-3-5-18(16)14-19/h2-11,14H,12-13H2,1H3,(H,22,24). The van der Waals surface area contributed by atoms with Gasteiger partial charge in [0.25, 0.3) is 0 Å². The molecule has 24 heavy (non-hydrogen) atoms. The molecule has 0 saturated heterocycles. The van der Waals surface area contributed by atoms with Crippen LogP contribution in [0.25, 0.3) is 10.8 Å². The summed E-state index contributed by atoms with van der Waals surface area (Å²) in [5.74, 6) is -0.158. The molecule has 0 atom stereocenters. The van der Waals surface area contributed by atoms with E-state index in [1.54, 1.807) is 12.1 Å². The topological polar surface area (TPSA) is 46.2 Å². The number of hydrogen-bond acceptors (Lipinski definition) is 2. The van der Waals surface area contributed by atoms with Gasteiger partial charge < -0.3 is 5.32 Å². The molecule has 0 heterocycles. The highest BCUT2D eigenvalue weighted by atomic mass is 16.2. The second-order valence-corrected chi connectivity index (χ2v) is 5.90. The lowest BCUT2D eigenvalue weighted by atomic mass is 10.0. The summed E-state index contributed by atoms with van der Waals surface area (Å²) in [4.78, 5) is 24.2. The summed E-state index contributed by atoms with van der Waals surface area (Å²) in [5, 5.41) is 5.06. The fourth-order valence-electron chi connectivity index (χ4n) is 2.60. The van der Waals surface area contributed by atoms with Gasteiger partial charge in [-0.15, -0.1) is 0 Å². The molecule has 0 fully saturated rings. The summed E-state index contributed by atoms with van der Waals surface area (Å²) in [6.45, 7) is 1.98. The summed E-state index contributed by atoms with van der Waals surface area (Å²) in [5.41, 5.74) is 2.51. The molecule has 0 bridgehead atoms. The van der Waals surface area contributed by atoms with Crippen molar-refractivity contribution in [2.75, 3.05) is 5.32 Å². The van der Waals surface area contributed by atoms with Gasteiger partial charge in [0.2, 0.25) is 5.91 Å². The summed E-state index contributed by atoms with van der Waals surface area (Å²) in [6.07, 6.45) is 0.391. The van der Waals surface area contributed by atoms with Gasteiger partial charge in [0.05, 0.1) is 0 Å². The fourth-order valence-corrected chi connectivity index (χ4v) is 2.60. The lowest BCUT2D eigenvalue weighted by molar-refractivity contribution is -0.116. The van der Waals surface area contributed by atoms with E-state index in [0.717, 1.165) is 22.0 Å². The lowest BCUT2D eigenvalue weighted by Gasteiger charge is -2.07. The molecular weight excluding hydrogens is 298 g/mol. The number of carbonyl (C=O) groups is 2. The Bertz CT molecular complexity index is 882. The lowest BCUT2D eigenvalue weighted by Crippen LogP contribution is -2.13. The number of fused-ring (bicyclic) bond motifs is 1. The van der Waals surface area contributed by atoms with Gasteiger partial charge in [-0.1, -0.05) is 60.2 Å². The zero-order valence-corrected chi connectivity index (χ0v) is 13.6. The molecule has 0 aliphatic heterocycles. The van der Waals surface area contributed by atoms with E-state index in [2.05, 4.69) is 5.32 Å².